The molecule has 0 saturated carbocycles. The lowest BCUT2D eigenvalue weighted by molar-refractivity contribution is -0.137. The Bertz CT molecular complexity index is 986. The van der Waals surface area contributed by atoms with Crippen molar-refractivity contribution < 1.29 is 15.0 Å². The highest BCUT2D eigenvalue weighted by Gasteiger charge is 2.35. The van der Waals surface area contributed by atoms with E-state index in [1.807, 2.05) is 50.2 Å². The van der Waals surface area contributed by atoms with Gasteiger partial charge in [-0.1, -0.05) is 41.5 Å². The molecule has 1 aliphatic rings. The van der Waals surface area contributed by atoms with Gasteiger partial charge in [0.05, 0.1) is 0 Å². The van der Waals surface area contributed by atoms with Crippen molar-refractivity contribution in [2.75, 3.05) is 0 Å². The second kappa shape index (κ2) is 4.59. The monoisotopic (exact) mass is 304 g/mol. The average molecular weight is 304 g/mol. The van der Waals surface area contributed by atoms with Crippen LogP contribution in [0.5, 0.6) is 5.75 Å². The van der Waals surface area contributed by atoms with Crippen LogP contribution in [-0.2, 0) is 4.79 Å². The fourth-order valence-corrected chi connectivity index (χ4v) is 3.65. The molecule has 0 bridgehead atoms. The molecule has 0 aromatic heterocycles. The van der Waals surface area contributed by atoms with Gasteiger partial charge in [0.2, 0.25) is 0 Å². The van der Waals surface area contributed by atoms with Gasteiger partial charge in [0.15, 0.2) is 0 Å². The largest absolute Gasteiger partial charge is 0.507 e. The Morgan fingerprint density at radius 3 is 2.35 bits per heavy atom. The predicted octanol–water partition coefficient (Wildman–Crippen LogP) is 4.36. The van der Waals surface area contributed by atoms with Crippen molar-refractivity contribution in [1.82, 2.24) is 0 Å². The highest BCUT2D eigenvalue weighted by molar-refractivity contribution is 6.07. The number of carboxylic acid groups (broad SMARTS) is 1. The van der Waals surface area contributed by atoms with Gasteiger partial charge in [-0.3, -0.25) is 4.79 Å². The summed E-state index contributed by atoms with van der Waals surface area (Å²) in [4.78, 5) is 11.9. The van der Waals surface area contributed by atoms with Crippen LogP contribution in [0, 0.1) is 13.8 Å². The smallest absolute Gasteiger partial charge is 0.315 e. The van der Waals surface area contributed by atoms with Crippen molar-refractivity contribution in [1.29, 1.82) is 0 Å². The van der Waals surface area contributed by atoms with Gasteiger partial charge in [-0.05, 0) is 53.6 Å². The fraction of sp³-hybridized carbons (Fsp3) is 0.150. The first-order valence-electron chi connectivity index (χ1n) is 7.57. The van der Waals surface area contributed by atoms with Gasteiger partial charge < -0.3 is 10.2 Å². The summed E-state index contributed by atoms with van der Waals surface area (Å²) in [6, 6.07) is 13.4. The molecule has 23 heavy (non-hydrogen) atoms. The van der Waals surface area contributed by atoms with E-state index in [0.717, 1.165) is 38.6 Å². The molecular formula is C20H16O3. The number of hydrogen-bond donors (Lipinski definition) is 2. The van der Waals surface area contributed by atoms with Crippen molar-refractivity contribution in [2.45, 2.75) is 19.8 Å². The van der Waals surface area contributed by atoms with Gasteiger partial charge in [0, 0.05) is 5.39 Å². The van der Waals surface area contributed by atoms with E-state index in [-0.39, 0.29) is 5.75 Å². The first kappa shape index (κ1) is 13.8. The summed E-state index contributed by atoms with van der Waals surface area (Å²) in [5, 5.41) is 21.8. The van der Waals surface area contributed by atoms with Crippen molar-refractivity contribution in [3.8, 4) is 16.9 Å². The molecule has 0 spiro atoms. The summed E-state index contributed by atoms with van der Waals surface area (Å²) in [7, 11) is 0. The van der Waals surface area contributed by atoms with Crippen molar-refractivity contribution >= 4 is 16.7 Å². The molecule has 0 heterocycles. The van der Waals surface area contributed by atoms with Gasteiger partial charge >= 0.3 is 5.97 Å². The minimum atomic E-state index is -0.888. The van der Waals surface area contributed by atoms with Crippen LogP contribution in [0.2, 0.25) is 0 Å². The van der Waals surface area contributed by atoms with E-state index in [2.05, 4.69) is 0 Å². The first-order chi connectivity index (χ1) is 11.0. The highest BCUT2D eigenvalue weighted by Crippen LogP contribution is 2.50. The Kier molecular flexibility index (Phi) is 2.76. The SMILES string of the molecule is Cc1ccc2c(c1)C(C(=O)O)c1cc(O)c3cc(C)ccc3c1-2. The van der Waals surface area contributed by atoms with Crippen LogP contribution in [-0.4, -0.2) is 16.2 Å². The van der Waals surface area contributed by atoms with Crippen LogP contribution in [0.1, 0.15) is 28.2 Å². The molecule has 4 rings (SSSR count). The Labute approximate surface area is 133 Å². The fourth-order valence-electron chi connectivity index (χ4n) is 3.65. The van der Waals surface area contributed by atoms with E-state index in [4.69, 9.17) is 0 Å². The van der Waals surface area contributed by atoms with Crippen molar-refractivity contribution in [2.24, 2.45) is 0 Å². The molecule has 0 saturated heterocycles. The summed E-state index contributed by atoms with van der Waals surface area (Å²) >= 11 is 0. The zero-order chi connectivity index (χ0) is 16.3. The quantitative estimate of drug-likeness (QED) is 0.702. The molecular weight excluding hydrogens is 288 g/mol. The molecule has 0 aliphatic heterocycles. The van der Waals surface area contributed by atoms with E-state index in [9.17, 15) is 15.0 Å². The number of carbonyl (C=O) groups is 1. The maximum Gasteiger partial charge on any atom is 0.315 e. The third-order valence-corrected chi connectivity index (χ3v) is 4.65. The second-order valence-electron chi connectivity index (χ2n) is 6.27. The normalized spacial score (nSPS) is 15.5. The van der Waals surface area contributed by atoms with Crippen molar-refractivity contribution in [3.63, 3.8) is 0 Å². The van der Waals surface area contributed by atoms with Crippen LogP contribution < -0.4 is 0 Å². The van der Waals surface area contributed by atoms with E-state index in [1.54, 1.807) is 6.07 Å². The molecule has 114 valence electrons. The van der Waals surface area contributed by atoms with Crippen molar-refractivity contribution in [3.05, 3.63) is 64.7 Å². The summed E-state index contributed by atoms with van der Waals surface area (Å²) in [5.41, 5.74) is 5.45. The number of carboxylic acids is 1. The molecule has 0 fully saturated rings. The van der Waals surface area contributed by atoms with E-state index in [1.165, 1.54) is 0 Å². The molecule has 1 aliphatic carbocycles. The Morgan fingerprint density at radius 2 is 1.61 bits per heavy atom. The Morgan fingerprint density at radius 1 is 0.913 bits per heavy atom. The third kappa shape index (κ3) is 1.86. The molecule has 3 heteroatoms. The number of aryl methyl sites for hydroxylation is 2. The minimum absolute atomic E-state index is 0.137. The number of aliphatic carboxylic acids is 1. The maximum absolute atomic E-state index is 11.9. The number of phenols is 1. The molecule has 3 aromatic rings. The first-order valence-corrected chi connectivity index (χ1v) is 7.57. The number of rotatable bonds is 1. The number of benzene rings is 3. The predicted molar refractivity (Wildman–Crippen MR) is 90.0 cm³/mol. The minimum Gasteiger partial charge on any atom is -0.507 e. The molecule has 0 radical (unpaired) electrons. The standard InChI is InChI=1S/C20H16O3/c1-10-3-5-12-14(7-10)17(21)9-16-18(12)13-6-4-11(2)8-15(13)19(16)20(22)23/h3-9,19,21H,1-2H3,(H,22,23). The summed E-state index contributed by atoms with van der Waals surface area (Å²) < 4.78 is 0. The Hall–Kier alpha value is -2.81. The number of fused-ring (bicyclic) bond motifs is 5. The van der Waals surface area contributed by atoms with Gasteiger partial charge in [-0.15, -0.1) is 0 Å². The van der Waals surface area contributed by atoms with Gasteiger partial charge in [0.25, 0.3) is 0 Å². The molecule has 1 unspecified atom stereocenters. The van der Waals surface area contributed by atoms with Gasteiger partial charge in [-0.2, -0.15) is 0 Å². The van der Waals surface area contributed by atoms with Gasteiger partial charge in [0.1, 0.15) is 11.7 Å². The number of aromatic hydroxyl groups is 1. The summed E-state index contributed by atoms with van der Waals surface area (Å²) in [6.45, 7) is 3.94. The van der Waals surface area contributed by atoms with Crippen LogP contribution in [0.25, 0.3) is 21.9 Å². The van der Waals surface area contributed by atoms with Gasteiger partial charge in [-0.25, -0.2) is 0 Å². The second-order valence-corrected chi connectivity index (χ2v) is 6.27. The lowest BCUT2D eigenvalue weighted by Crippen LogP contribution is -2.10. The Balaban J connectivity index is 2.17. The number of phenolic OH excluding ortho intramolecular Hbond substituents is 1. The van der Waals surface area contributed by atoms with E-state index in [0.29, 0.717) is 5.56 Å². The highest BCUT2D eigenvalue weighted by atomic mass is 16.4. The molecule has 3 nitrogen and oxygen atoms in total. The average Bonchev–Trinajstić information content (AvgIpc) is 2.80. The van der Waals surface area contributed by atoms with Crippen LogP contribution in [0.3, 0.4) is 0 Å². The lowest BCUT2D eigenvalue weighted by atomic mass is 9.93. The molecule has 0 amide bonds. The van der Waals surface area contributed by atoms with Crippen LogP contribution in [0.4, 0.5) is 0 Å². The van der Waals surface area contributed by atoms with E-state index >= 15 is 0 Å². The van der Waals surface area contributed by atoms with Crippen LogP contribution in [0.15, 0.2) is 42.5 Å². The zero-order valence-electron chi connectivity index (χ0n) is 12.9. The maximum atomic E-state index is 11.9. The van der Waals surface area contributed by atoms with E-state index < -0.39 is 11.9 Å². The van der Waals surface area contributed by atoms with Crippen LogP contribution >= 0.6 is 0 Å². The molecule has 1 atom stereocenters. The number of hydrogen-bond acceptors (Lipinski definition) is 2. The zero-order valence-corrected chi connectivity index (χ0v) is 12.9. The third-order valence-electron chi connectivity index (χ3n) is 4.65. The summed E-state index contributed by atoms with van der Waals surface area (Å²) in [5.74, 6) is -1.48. The lowest BCUT2D eigenvalue weighted by Gasteiger charge is -2.11. The summed E-state index contributed by atoms with van der Waals surface area (Å²) in [6.07, 6.45) is 0. The topological polar surface area (TPSA) is 57.5 Å². The molecule has 2 N–H and O–H groups in total. The molecule has 3 aromatic carbocycles.